The maximum atomic E-state index is 12.3. The number of alkyl carbamates (subject to hydrolysis) is 1. The fraction of sp³-hybridized carbons (Fsp3) is 0.810. The summed E-state index contributed by atoms with van der Waals surface area (Å²) < 4.78 is 10.7. The van der Waals surface area contributed by atoms with Crippen LogP contribution in [0.4, 0.5) is 4.79 Å². The Morgan fingerprint density at radius 2 is 1.84 bits per heavy atom. The van der Waals surface area contributed by atoms with Crippen molar-refractivity contribution in [3.8, 4) is 0 Å². The smallest absolute Gasteiger partial charge is 0.408 e. The Labute approximate surface area is 204 Å². The van der Waals surface area contributed by atoms with Crippen molar-refractivity contribution in [2.75, 3.05) is 20.1 Å². The van der Waals surface area contributed by atoms with Gasteiger partial charge in [0.1, 0.15) is 5.60 Å². The molecular weight excluding hydrogens is 511 g/mol. The molecule has 0 aliphatic carbocycles. The molecular formula is C21H41IN6O3. The van der Waals surface area contributed by atoms with Crippen LogP contribution in [-0.4, -0.2) is 53.5 Å². The number of ether oxygens (including phenoxy) is 1. The van der Waals surface area contributed by atoms with Crippen molar-refractivity contribution in [3.05, 3.63) is 11.7 Å². The van der Waals surface area contributed by atoms with Gasteiger partial charge in [0.2, 0.25) is 5.89 Å². The summed E-state index contributed by atoms with van der Waals surface area (Å²) >= 11 is 0. The van der Waals surface area contributed by atoms with Gasteiger partial charge in [-0.2, -0.15) is 4.98 Å². The monoisotopic (exact) mass is 552 g/mol. The van der Waals surface area contributed by atoms with E-state index >= 15 is 0 Å². The largest absolute Gasteiger partial charge is 0.444 e. The molecule has 0 bridgehead atoms. The third kappa shape index (κ3) is 11.0. The third-order valence-corrected chi connectivity index (χ3v) is 4.80. The lowest BCUT2D eigenvalue weighted by Gasteiger charge is -2.34. The van der Waals surface area contributed by atoms with Crippen LogP contribution in [0.3, 0.4) is 0 Å². The maximum absolute atomic E-state index is 12.3. The number of hydrogen-bond acceptors (Lipinski definition) is 6. The number of carbonyl (C=O) groups is 1. The summed E-state index contributed by atoms with van der Waals surface area (Å²) in [6.45, 7) is 15.0. The molecule has 0 atom stereocenters. The second-order valence-corrected chi connectivity index (χ2v) is 8.77. The first kappa shape index (κ1) is 29.4. The van der Waals surface area contributed by atoms with E-state index in [0.29, 0.717) is 31.4 Å². The van der Waals surface area contributed by atoms with Gasteiger partial charge in [-0.15, -0.1) is 24.0 Å². The summed E-state index contributed by atoms with van der Waals surface area (Å²) in [6.07, 6.45) is 2.67. The molecule has 31 heavy (non-hydrogen) atoms. The molecule has 0 saturated carbocycles. The first-order valence-electron chi connectivity index (χ1n) is 10.8. The minimum Gasteiger partial charge on any atom is -0.444 e. The average Bonchev–Trinajstić information content (AvgIpc) is 3.14. The molecule has 10 heteroatoms. The van der Waals surface area contributed by atoms with Crippen molar-refractivity contribution in [2.24, 2.45) is 4.99 Å². The highest BCUT2D eigenvalue weighted by Gasteiger charge is 2.30. The second kappa shape index (κ2) is 13.7. The van der Waals surface area contributed by atoms with Crippen molar-refractivity contribution in [3.63, 3.8) is 0 Å². The van der Waals surface area contributed by atoms with Crippen molar-refractivity contribution in [1.82, 2.24) is 26.1 Å². The van der Waals surface area contributed by atoms with Gasteiger partial charge in [0.15, 0.2) is 11.8 Å². The summed E-state index contributed by atoms with van der Waals surface area (Å²) in [5.74, 6) is 2.33. The van der Waals surface area contributed by atoms with Gasteiger partial charge in [-0.05, 0) is 40.0 Å². The number of aliphatic imine (C=N–C) groups is 1. The van der Waals surface area contributed by atoms with Crippen LogP contribution >= 0.6 is 24.0 Å². The summed E-state index contributed by atoms with van der Waals surface area (Å²) in [5, 5.41) is 13.6. The quantitative estimate of drug-likeness (QED) is 0.174. The van der Waals surface area contributed by atoms with E-state index in [1.165, 1.54) is 0 Å². The first-order valence-corrected chi connectivity index (χ1v) is 10.8. The van der Waals surface area contributed by atoms with E-state index in [-0.39, 0.29) is 29.9 Å². The fourth-order valence-electron chi connectivity index (χ4n) is 2.77. The van der Waals surface area contributed by atoms with E-state index in [1.54, 1.807) is 7.05 Å². The van der Waals surface area contributed by atoms with E-state index in [1.807, 2.05) is 34.6 Å². The normalized spacial score (nSPS) is 12.4. The first-order chi connectivity index (χ1) is 14.0. The standard InChI is InChI=1S/C21H40N6O3.HI/c1-9-21(10-2,26-19(28)29-20(5,6)7)14-24-18(22-8)23-13-11-12-16-25-17(15(3)4)27-30-16;/h15H,9-14H2,1-8H3,(H,26,28)(H2,22,23,24);1H. The molecule has 0 radical (unpaired) electrons. The number of guanidine groups is 1. The van der Waals surface area contributed by atoms with Gasteiger partial charge in [-0.25, -0.2) is 4.79 Å². The Hall–Kier alpha value is -1.59. The summed E-state index contributed by atoms with van der Waals surface area (Å²) in [6, 6.07) is 0. The molecule has 1 amide bonds. The molecule has 1 rings (SSSR count). The third-order valence-electron chi connectivity index (χ3n) is 4.80. The molecule has 0 saturated heterocycles. The molecule has 3 N–H and O–H groups in total. The summed E-state index contributed by atoms with van der Waals surface area (Å²) in [7, 11) is 1.73. The fourth-order valence-corrected chi connectivity index (χ4v) is 2.77. The van der Waals surface area contributed by atoms with Gasteiger partial charge in [0.25, 0.3) is 0 Å². The van der Waals surface area contributed by atoms with Crippen molar-refractivity contribution >= 4 is 36.0 Å². The highest BCUT2D eigenvalue weighted by atomic mass is 127. The van der Waals surface area contributed by atoms with Crippen LogP contribution in [0.5, 0.6) is 0 Å². The van der Waals surface area contributed by atoms with E-state index in [0.717, 1.165) is 25.1 Å². The number of aryl methyl sites for hydroxylation is 1. The van der Waals surface area contributed by atoms with E-state index < -0.39 is 17.2 Å². The number of nitrogens with one attached hydrogen (secondary N) is 3. The Balaban J connectivity index is 0.00000900. The molecule has 1 heterocycles. The highest BCUT2D eigenvalue weighted by Crippen LogP contribution is 2.16. The molecule has 180 valence electrons. The predicted molar refractivity (Wildman–Crippen MR) is 134 cm³/mol. The average molecular weight is 553 g/mol. The SMILES string of the molecule is CCC(CC)(CNC(=NC)NCCCc1nc(C(C)C)no1)NC(=O)OC(C)(C)C.I. The van der Waals surface area contributed by atoms with Crippen molar-refractivity contribution in [1.29, 1.82) is 0 Å². The van der Waals surface area contributed by atoms with Crippen LogP contribution in [0.25, 0.3) is 0 Å². The van der Waals surface area contributed by atoms with E-state index in [9.17, 15) is 4.79 Å². The second-order valence-electron chi connectivity index (χ2n) is 8.77. The summed E-state index contributed by atoms with van der Waals surface area (Å²) in [4.78, 5) is 20.9. The highest BCUT2D eigenvalue weighted by molar-refractivity contribution is 14.0. The Morgan fingerprint density at radius 1 is 1.19 bits per heavy atom. The van der Waals surface area contributed by atoms with Crippen molar-refractivity contribution in [2.45, 2.75) is 91.2 Å². The van der Waals surface area contributed by atoms with Gasteiger partial charge < -0.3 is 25.2 Å². The Kier molecular flexibility index (Phi) is 13.0. The molecule has 0 aromatic carbocycles. The summed E-state index contributed by atoms with van der Waals surface area (Å²) in [5.41, 5.74) is -0.951. The van der Waals surface area contributed by atoms with Gasteiger partial charge in [0.05, 0.1) is 5.54 Å². The zero-order chi connectivity index (χ0) is 22.8. The Morgan fingerprint density at radius 3 is 2.32 bits per heavy atom. The van der Waals surface area contributed by atoms with Crippen LogP contribution < -0.4 is 16.0 Å². The molecule has 0 aliphatic heterocycles. The zero-order valence-electron chi connectivity index (χ0n) is 20.3. The number of amides is 1. The van der Waals surface area contributed by atoms with Crippen molar-refractivity contribution < 1.29 is 14.1 Å². The predicted octanol–water partition coefficient (Wildman–Crippen LogP) is 3.99. The van der Waals surface area contributed by atoms with Crippen LogP contribution in [0.1, 0.15) is 85.4 Å². The Bertz CT molecular complexity index is 681. The molecule has 9 nitrogen and oxygen atoms in total. The number of nitrogens with zero attached hydrogens (tertiary/aromatic N) is 3. The zero-order valence-corrected chi connectivity index (χ0v) is 22.6. The van der Waals surface area contributed by atoms with Gasteiger partial charge in [-0.1, -0.05) is 32.9 Å². The molecule has 0 spiro atoms. The van der Waals surface area contributed by atoms with Gasteiger partial charge in [0, 0.05) is 32.5 Å². The number of carbonyl (C=O) groups excluding carboxylic acids is 1. The van der Waals surface area contributed by atoms with Crippen LogP contribution in [-0.2, 0) is 11.2 Å². The number of aromatic nitrogens is 2. The molecule has 0 fully saturated rings. The van der Waals surface area contributed by atoms with Crippen LogP contribution in [0.15, 0.2) is 9.52 Å². The lowest BCUT2D eigenvalue weighted by atomic mass is 9.93. The molecule has 0 aliphatic rings. The number of halogens is 1. The minimum atomic E-state index is -0.531. The van der Waals surface area contributed by atoms with Gasteiger partial charge in [-0.3, -0.25) is 4.99 Å². The topological polar surface area (TPSA) is 114 Å². The number of hydrogen-bond donors (Lipinski definition) is 3. The van der Waals surface area contributed by atoms with E-state index in [2.05, 4.69) is 44.9 Å². The maximum Gasteiger partial charge on any atom is 0.408 e. The van der Waals surface area contributed by atoms with Crippen LogP contribution in [0.2, 0.25) is 0 Å². The molecule has 1 aromatic heterocycles. The van der Waals surface area contributed by atoms with Gasteiger partial charge >= 0.3 is 6.09 Å². The lowest BCUT2D eigenvalue weighted by Crippen LogP contribution is -2.57. The lowest BCUT2D eigenvalue weighted by molar-refractivity contribution is 0.0448. The number of rotatable bonds is 10. The molecule has 1 aromatic rings. The van der Waals surface area contributed by atoms with Crippen LogP contribution in [0, 0.1) is 0 Å². The van der Waals surface area contributed by atoms with E-state index in [4.69, 9.17) is 9.26 Å². The minimum absolute atomic E-state index is 0. The molecule has 0 unspecified atom stereocenters.